The van der Waals surface area contributed by atoms with Crippen LogP contribution in [-0.2, 0) is 13.0 Å². The molecule has 2 aromatic heterocycles. The number of benzene rings is 1. The smallest absolute Gasteiger partial charge is 0.254 e. The molecule has 0 saturated carbocycles. The highest BCUT2D eigenvalue weighted by atomic mass is 16.5. The van der Waals surface area contributed by atoms with Crippen LogP contribution in [0, 0.1) is 6.92 Å². The van der Waals surface area contributed by atoms with Gasteiger partial charge in [0.15, 0.2) is 11.5 Å². The summed E-state index contributed by atoms with van der Waals surface area (Å²) in [5, 5.41) is 3.93. The summed E-state index contributed by atoms with van der Waals surface area (Å²) in [4.78, 5) is 18.6. The molecule has 0 bridgehead atoms. The highest BCUT2D eigenvalue weighted by Crippen LogP contribution is 2.22. The van der Waals surface area contributed by atoms with Gasteiger partial charge in [-0.1, -0.05) is 5.16 Å². The maximum absolute atomic E-state index is 12.6. The number of carbonyl (C=O) groups excluding carboxylic acids is 1. The molecule has 0 atom stereocenters. The lowest BCUT2D eigenvalue weighted by molar-refractivity contribution is 0.0734. The molecule has 0 aliphatic carbocycles. The molecule has 0 unspecified atom stereocenters. The van der Waals surface area contributed by atoms with E-state index in [1.54, 1.807) is 30.2 Å². The van der Waals surface area contributed by atoms with Crippen LogP contribution in [-0.4, -0.2) is 27.5 Å². The van der Waals surface area contributed by atoms with Crippen molar-refractivity contribution in [1.29, 1.82) is 0 Å². The maximum Gasteiger partial charge on any atom is 0.254 e. The van der Waals surface area contributed by atoms with Gasteiger partial charge in [-0.3, -0.25) is 4.79 Å². The number of hydrogen-bond donors (Lipinski definition) is 0. The van der Waals surface area contributed by atoms with E-state index in [2.05, 4.69) is 10.1 Å². The zero-order chi connectivity index (χ0) is 14.4. The Morgan fingerprint density at radius 2 is 2.29 bits per heavy atom. The molecule has 21 heavy (non-hydrogen) atoms. The van der Waals surface area contributed by atoms with Gasteiger partial charge < -0.3 is 13.8 Å². The van der Waals surface area contributed by atoms with Gasteiger partial charge in [-0.25, -0.2) is 4.98 Å². The summed E-state index contributed by atoms with van der Waals surface area (Å²) in [6.07, 6.45) is 2.33. The van der Waals surface area contributed by atoms with Crippen LogP contribution in [0.5, 0.6) is 0 Å². The molecular weight excluding hydrogens is 270 g/mol. The lowest BCUT2D eigenvalue weighted by Gasteiger charge is -2.25. The Labute approximate surface area is 120 Å². The molecule has 3 aromatic rings. The van der Waals surface area contributed by atoms with Crippen molar-refractivity contribution in [2.45, 2.75) is 19.9 Å². The summed E-state index contributed by atoms with van der Waals surface area (Å²) < 4.78 is 10.4. The Morgan fingerprint density at radius 1 is 1.38 bits per heavy atom. The zero-order valence-electron chi connectivity index (χ0n) is 11.5. The number of nitrogens with zero attached hydrogens (tertiary/aromatic N) is 3. The van der Waals surface area contributed by atoms with Crippen LogP contribution in [0.4, 0.5) is 0 Å². The second-order valence-corrected chi connectivity index (χ2v) is 5.18. The average molecular weight is 283 g/mol. The Hall–Kier alpha value is -2.63. The molecule has 1 amide bonds. The first-order chi connectivity index (χ1) is 10.2. The number of amides is 1. The molecular formula is C15H13N3O3. The summed E-state index contributed by atoms with van der Waals surface area (Å²) in [7, 11) is 0. The third kappa shape index (κ3) is 1.99. The third-order valence-corrected chi connectivity index (χ3v) is 3.74. The predicted octanol–water partition coefficient (Wildman–Crippen LogP) is 2.32. The lowest BCUT2D eigenvalue weighted by Crippen LogP contribution is -2.35. The molecule has 4 rings (SSSR count). The van der Waals surface area contributed by atoms with Crippen LogP contribution in [0.3, 0.4) is 0 Å². The fourth-order valence-corrected chi connectivity index (χ4v) is 2.67. The van der Waals surface area contributed by atoms with Crippen LogP contribution < -0.4 is 0 Å². The van der Waals surface area contributed by atoms with Gasteiger partial charge in [0.25, 0.3) is 5.91 Å². The first kappa shape index (κ1) is 12.1. The minimum Gasteiger partial charge on any atom is -0.441 e. The molecule has 106 valence electrons. The second-order valence-electron chi connectivity index (χ2n) is 5.18. The first-order valence-electron chi connectivity index (χ1n) is 6.79. The van der Waals surface area contributed by atoms with Crippen molar-refractivity contribution >= 4 is 17.0 Å². The summed E-state index contributed by atoms with van der Waals surface area (Å²) in [5.41, 5.74) is 3.94. The van der Waals surface area contributed by atoms with E-state index in [4.69, 9.17) is 8.94 Å². The van der Waals surface area contributed by atoms with Crippen LogP contribution >= 0.6 is 0 Å². The van der Waals surface area contributed by atoms with E-state index in [-0.39, 0.29) is 5.91 Å². The number of aromatic nitrogens is 2. The van der Waals surface area contributed by atoms with Crippen molar-refractivity contribution in [3.63, 3.8) is 0 Å². The molecule has 1 aromatic carbocycles. The minimum atomic E-state index is -0.0159. The van der Waals surface area contributed by atoms with Crippen molar-refractivity contribution in [3.05, 3.63) is 47.2 Å². The van der Waals surface area contributed by atoms with E-state index in [9.17, 15) is 4.79 Å². The topological polar surface area (TPSA) is 72.4 Å². The Kier molecular flexibility index (Phi) is 2.57. The summed E-state index contributed by atoms with van der Waals surface area (Å²) in [6.45, 7) is 2.97. The van der Waals surface area contributed by atoms with Crippen molar-refractivity contribution in [3.8, 4) is 0 Å². The third-order valence-electron chi connectivity index (χ3n) is 3.74. The standard InChI is InChI=1S/C15H13N3O3/c1-9-16-13-3-2-10(6-14(13)21-9)15(19)18-5-4-12-11(7-18)8-20-17-12/h2-3,6,8H,4-5,7H2,1H3. The average Bonchev–Trinajstić information content (AvgIpc) is 3.09. The highest BCUT2D eigenvalue weighted by molar-refractivity contribution is 5.97. The van der Waals surface area contributed by atoms with E-state index in [0.29, 0.717) is 30.1 Å². The number of fused-ring (bicyclic) bond motifs is 2. The predicted molar refractivity (Wildman–Crippen MR) is 73.7 cm³/mol. The SMILES string of the molecule is Cc1nc2ccc(C(=O)N3CCc4nocc4C3)cc2o1. The van der Waals surface area contributed by atoms with E-state index < -0.39 is 0 Å². The van der Waals surface area contributed by atoms with Crippen LogP contribution in [0.25, 0.3) is 11.1 Å². The summed E-state index contributed by atoms with van der Waals surface area (Å²) >= 11 is 0. The van der Waals surface area contributed by atoms with E-state index >= 15 is 0 Å². The van der Waals surface area contributed by atoms with Gasteiger partial charge in [-0.15, -0.1) is 0 Å². The van der Waals surface area contributed by atoms with Gasteiger partial charge in [-0.2, -0.15) is 0 Å². The van der Waals surface area contributed by atoms with Gasteiger partial charge in [-0.05, 0) is 18.2 Å². The van der Waals surface area contributed by atoms with Gasteiger partial charge in [0, 0.05) is 31.0 Å². The number of carbonyl (C=O) groups is 1. The van der Waals surface area contributed by atoms with E-state index in [0.717, 1.165) is 23.2 Å². The Balaban J connectivity index is 1.64. The Bertz CT molecular complexity index is 834. The number of aryl methyl sites for hydroxylation is 1. The number of hydrogen-bond acceptors (Lipinski definition) is 5. The van der Waals surface area contributed by atoms with Crippen molar-refractivity contribution in [1.82, 2.24) is 15.0 Å². The van der Waals surface area contributed by atoms with Gasteiger partial charge in [0.1, 0.15) is 11.8 Å². The van der Waals surface area contributed by atoms with Crippen molar-refractivity contribution in [2.24, 2.45) is 0 Å². The first-order valence-corrected chi connectivity index (χ1v) is 6.79. The van der Waals surface area contributed by atoms with Gasteiger partial charge >= 0.3 is 0 Å². The van der Waals surface area contributed by atoms with Crippen LogP contribution in [0.15, 0.2) is 33.4 Å². The monoisotopic (exact) mass is 283 g/mol. The van der Waals surface area contributed by atoms with Gasteiger partial charge in [0.05, 0.1) is 12.2 Å². The molecule has 6 heteroatoms. The van der Waals surface area contributed by atoms with Gasteiger partial charge in [0.2, 0.25) is 0 Å². The molecule has 0 radical (unpaired) electrons. The maximum atomic E-state index is 12.6. The Morgan fingerprint density at radius 3 is 3.19 bits per heavy atom. The molecule has 0 fully saturated rings. The van der Waals surface area contributed by atoms with Crippen LogP contribution in [0.2, 0.25) is 0 Å². The molecule has 0 N–H and O–H groups in total. The fourth-order valence-electron chi connectivity index (χ4n) is 2.67. The quantitative estimate of drug-likeness (QED) is 0.685. The normalized spacial score (nSPS) is 14.4. The number of rotatable bonds is 1. The van der Waals surface area contributed by atoms with Crippen molar-refractivity contribution in [2.75, 3.05) is 6.54 Å². The number of oxazole rings is 1. The van der Waals surface area contributed by atoms with E-state index in [1.807, 2.05) is 6.07 Å². The summed E-state index contributed by atoms with van der Waals surface area (Å²) in [6, 6.07) is 5.35. The zero-order valence-corrected chi connectivity index (χ0v) is 11.5. The van der Waals surface area contributed by atoms with Crippen molar-refractivity contribution < 1.29 is 13.7 Å². The molecule has 1 aliphatic rings. The summed E-state index contributed by atoms with van der Waals surface area (Å²) in [5.74, 6) is 0.583. The fraction of sp³-hybridized carbons (Fsp3) is 0.267. The molecule has 0 saturated heterocycles. The molecule has 6 nitrogen and oxygen atoms in total. The van der Waals surface area contributed by atoms with Crippen LogP contribution in [0.1, 0.15) is 27.5 Å². The lowest BCUT2D eigenvalue weighted by atomic mass is 10.1. The second kappa shape index (κ2) is 4.44. The minimum absolute atomic E-state index is 0.0159. The highest BCUT2D eigenvalue weighted by Gasteiger charge is 2.24. The molecule has 3 heterocycles. The molecule has 1 aliphatic heterocycles. The van der Waals surface area contributed by atoms with E-state index in [1.165, 1.54) is 0 Å². The largest absolute Gasteiger partial charge is 0.441 e. The molecule has 0 spiro atoms.